The lowest BCUT2D eigenvalue weighted by Gasteiger charge is -2.12. The summed E-state index contributed by atoms with van der Waals surface area (Å²) in [6, 6.07) is 2.38. The summed E-state index contributed by atoms with van der Waals surface area (Å²) in [6.45, 7) is 2.82. The molecule has 2 rings (SSSR count). The number of nitrogens with one attached hydrogen (secondary N) is 1. The Morgan fingerprint density at radius 2 is 2.56 bits per heavy atom. The third-order valence-electron chi connectivity index (χ3n) is 2.91. The Kier molecular flexibility index (Phi) is 3.58. The van der Waals surface area contributed by atoms with Crippen LogP contribution in [0.1, 0.15) is 21.7 Å². The lowest BCUT2D eigenvalue weighted by Crippen LogP contribution is -2.31. The number of carboxylic acid groups (broad SMARTS) is 1. The number of hydrogen-bond acceptors (Lipinski definition) is 4. The minimum atomic E-state index is -0.824. The zero-order chi connectivity index (χ0) is 11.5. The van der Waals surface area contributed by atoms with Crippen molar-refractivity contribution in [1.29, 1.82) is 0 Å². The highest BCUT2D eigenvalue weighted by Gasteiger charge is 2.19. The Balaban J connectivity index is 1.89. The number of likely N-dealkylation sites (tertiary alicyclic amines) is 1. The van der Waals surface area contributed by atoms with E-state index in [4.69, 9.17) is 5.11 Å². The lowest BCUT2D eigenvalue weighted by molar-refractivity contribution is 0.0701. The van der Waals surface area contributed by atoms with E-state index in [0.29, 0.717) is 17.5 Å². The first-order valence-electron chi connectivity index (χ1n) is 5.38. The first-order valence-corrected chi connectivity index (χ1v) is 6.26. The second-order valence-corrected chi connectivity index (χ2v) is 5.12. The average molecular weight is 240 g/mol. The molecule has 1 unspecified atom stereocenters. The van der Waals surface area contributed by atoms with Crippen molar-refractivity contribution in [1.82, 2.24) is 10.2 Å². The van der Waals surface area contributed by atoms with Crippen LogP contribution in [0.3, 0.4) is 0 Å². The fraction of sp³-hybridized carbons (Fsp3) is 0.545. The second-order valence-electron chi connectivity index (χ2n) is 4.21. The molecule has 2 heterocycles. The summed E-state index contributed by atoms with van der Waals surface area (Å²) in [5.74, 6) is -0.824. The Morgan fingerprint density at radius 1 is 1.75 bits per heavy atom. The van der Waals surface area contributed by atoms with E-state index in [1.807, 2.05) is 11.4 Å². The van der Waals surface area contributed by atoms with Crippen LogP contribution in [0.15, 0.2) is 11.4 Å². The molecule has 1 atom stereocenters. The number of nitrogens with zero attached hydrogens (tertiary/aromatic N) is 1. The summed E-state index contributed by atoms with van der Waals surface area (Å²) < 4.78 is 0. The molecule has 1 aromatic rings. The summed E-state index contributed by atoms with van der Waals surface area (Å²) in [5, 5.41) is 14.2. The van der Waals surface area contributed by atoms with Crippen LogP contribution in [0, 0.1) is 0 Å². The third kappa shape index (κ3) is 2.61. The van der Waals surface area contributed by atoms with Gasteiger partial charge in [0.1, 0.15) is 4.88 Å². The summed E-state index contributed by atoms with van der Waals surface area (Å²) in [7, 11) is 2.11. The number of thiophene rings is 1. The van der Waals surface area contributed by atoms with Crippen LogP contribution >= 0.6 is 11.3 Å². The van der Waals surface area contributed by atoms with Crippen LogP contribution in [0.5, 0.6) is 0 Å². The van der Waals surface area contributed by atoms with Crippen LogP contribution in [0.4, 0.5) is 0 Å². The van der Waals surface area contributed by atoms with Crippen molar-refractivity contribution in [3.8, 4) is 0 Å². The molecule has 0 bridgehead atoms. The Hall–Kier alpha value is -0.910. The van der Waals surface area contributed by atoms with Crippen LogP contribution in [0.25, 0.3) is 0 Å². The molecule has 16 heavy (non-hydrogen) atoms. The molecule has 0 radical (unpaired) electrons. The summed E-state index contributed by atoms with van der Waals surface area (Å²) in [6.07, 6.45) is 1.14. The normalized spacial score (nSPS) is 21.4. The van der Waals surface area contributed by atoms with Gasteiger partial charge in [-0.15, -0.1) is 11.3 Å². The molecule has 1 aromatic heterocycles. The van der Waals surface area contributed by atoms with Gasteiger partial charge in [0.25, 0.3) is 0 Å². The van der Waals surface area contributed by atoms with E-state index in [-0.39, 0.29) is 0 Å². The van der Waals surface area contributed by atoms with Crippen molar-refractivity contribution < 1.29 is 9.90 Å². The lowest BCUT2D eigenvalue weighted by atomic mass is 10.2. The number of aromatic carboxylic acids is 1. The first kappa shape index (κ1) is 11.6. The van der Waals surface area contributed by atoms with Crippen LogP contribution in [0.2, 0.25) is 0 Å². The summed E-state index contributed by atoms with van der Waals surface area (Å²) in [5.41, 5.74) is 0.895. The number of rotatable bonds is 4. The van der Waals surface area contributed by atoms with Gasteiger partial charge in [0.2, 0.25) is 0 Å². The van der Waals surface area contributed by atoms with E-state index in [0.717, 1.165) is 25.1 Å². The topological polar surface area (TPSA) is 52.6 Å². The highest BCUT2D eigenvalue weighted by molar-refractivity contribution is 7.12. The van der Waals surface area contributed by atoms with Gasteiger partial charge in [0, 0.05) is 19.1 Å². The van der Waals surface area contributed by atoms with Crippen LogP contribution < -0.4 is 5.32 Å². The van der Waals surface area contributed by atoms with Gasteiger partial charge in [-0.05, 0) is 37.0 Å². The van der Waals surface area contributed by atoms with E-state index in [9.17, 15) is 4.79 Å². The Labute approximate surface area is 98.9 Å². The van der Waals surface area contributed by atoms with E-state index < -0.39 is 5.97 Å². The molecular weight excluding hydrogens is 224 g/mol. The molecule has 0 spiro atoms. The van der Waals surface area contributed by atoms with Crippen molar-refractivity contribution in [2.75, 3.05) is 20.1 Å². The van der Waals surface area contributed by atoms with Gasteiger partial charge in [-0.1, -0.05) is 0 Å². The van der Waals surface area contributed by atoms with Gasteiger partial charge in [-0.2, -0.15) is 0 Å². The molecule has 0 amide bonds. The largest absolute Gasteiger partial charge is 0.477 e. The fourth-order valence-corrected chi connectivity index (χ4v) is 2.78. The van der Waals surface area contributed by atoms with Crippen molar-refractivity contribution >= 4 is 17.3 Å². The van der Waals surface area contributed by atoms with Gasteiger partial charge in [-0.3, -0.25) is 0 Å². The fourth-order valence-electron chi connectivity index (χ4n) is 2.02. The third-order valence-corrected chi connectivity index (χ3v) is 3.86. The zero-order valence-electron chi connectivity index (χ0n) is 9.27. The first-order chi connectivity index (χ1) is 7.66. The average Bonchev–Trinajstić information content (AvgIpc) is 2.83. The van der Waals surface area contributed by atoms with Crippen molar-refractivity contribution in [2.45, 2.75) is 19.0 Å². The van der Waals surface area contributed by atoms with Crippen molar-refractivity contribution in [3.63, 3.8) is 0 Å². The van der Waals surface area contributed by atoms with Gasteiger partial charge in [-0.25, -0.2) is 4.79 Å². The van der Waals surface area contributed by atoms with E-state index in [1.165, 1.54) is 11.3 Å². The molecule has 1 aliphatic rings. The highest BCUT2D eigenvalue weighted by Crippen LogP contribution is 2.17. The van der Waals surface area contributed by atoms with E-state index >= 15 is 0 Å². The van der Waals surface area contributed by atoms with Gasteiger partial charge >= 0.3 is 5.97 Å². The quantitative estimate of drug-likeness (QED) is 0.831. The molecule has 4 nitrogen and oxygen atoms in total. The molecule has 1 aliphatic heterocycles. The molecule has 88 valence electrons. The van der Waals surface area contributed by atoms with E-state index in [2.05, 4.69) is 17.3 Å². The highest BCUT2D eigenvalue weighted by atomic mass is 32.1. The van der Waals surface area contributed by atoms with Crippen molar-refractivity contribution in [3.05, 3.63) is 21.9 Å². The second kappa shape index (κ2) is 4.95. The number of carboxylic acids is 1. The van der Waals surface area contributed by atoms with Gasteiger partial charge < -0.3 is 15.3 Å². The number of hydrogen-bond donors (Lipinski definition) is 2. The van der Waals surface area contributed by atoms with Crippen molar-refractivity contribution in [2.24, 2.45) is 0 Å². The molecular formula is C11H16N2O2S. The maximum Gasteiger partial charge on any atom is 0.346 e. The van der Waals surface area contributed by atoms with Crippen LogP contribution in [-0.4, -0.2) is 42.2 Å². The molecule has 0 saturated carbocycles. The smallest absolute Gasteiger partial charge is 0.346 e. The molecule has 1 saturated heterocycles. The Bertz CT molecular complexity index is 378. The predicted molar refractivity (Wildman–Crippen MR) is 64.0 cm³/mol. The molecule has 0 aliphatic carbocycles. The van der Waals surface area contributed by atoms with Crippen LogP contribution in [-0.2, 0) is 6.54 Å². The molecule has 2 N–H and O–H groups in total. The van der Waals surface area contributed by atoms with Gasteiger partial charge in [0.05, 0.1) is 0 Å². The summed E-state index contributed by atoms with van der Waals surface area (Å²) in [4.78, 5) is 13.6. The maximum atomic E-state index is 10.9. The maximum absolute atomic E-state index is 10.9. The molecule has 1 fully saturated rings. The van der Waals surface area contributed by atoms with Gasteiger partial charge in [0.15, 0.2) is 0 Å². The standard InChI is InChI=1S/C11H16N2O2S/c1-13-4-2-9(7-13)12-6-8-3-5-16-10(8)11(14)15/h3,5,9,12H,2,4,6-7H2,1H3,(H,14,15). The SMILES string of the molecule is CN1CCC(NCc2ccsc2C(=O)O)C1. The molecule has 0 aromatic carbocycles. The zero-order valence-corrected chi connectivity index (χ0v) is 10.1. The Morgan fingerprint density at radius 3 is 3.19 bits per heavy atom. The predicted octanol–water partition coefficient (Wildman–Crippen LogP) is 1.24. The number of carbonyl (C=O) groups is 1. The molecule has 5 heteroatoms. The number of likely N-dealkylation sites (N-methyl/N-ethyl adjacent to an activating group) is 1. The minimum absolute atomic E-state index is 0.457. The monoisotopic (exact) mass is 240 g/mol. The van der Waals surface area contributed by atoms with E-state index in [1.54, 1.807) is 0 Å². The minimum Gasteiger partial charge on any atom is -0.477 e. The summed E-state index contributed by atoms with van der Waals surface area (Å²) >= 11 is 1.29.